The van der Waals surface area contributed by atoms with Crippen LogP contribution in [0.15, 0.2) is 67.0 Å². The summed E-state index contributed by atoms with van der Waals surface area (Å²) in [7, 11) is 0. The van der Waals surface area contributed by atoms with E-state index in [1.807, 2.05) is 18.2 Å². The highest BCUT2D eigenvalue weighted by atomic mass is 35.5. The van der Waals surface area contributed by atoms with Crippen LogP contribution in [-0.2, 0) is 18.0 Å². The highest BCUT2D eigenvalue weighted by Crippen LogP contribution is 2.20. The Labute approximate surface area is 161 Å². The Balaban J connectivity index is 1.61. The van der Waals surface area contributed by atoms with Crippen LogP contribution in [0.3, 0.4) is 0 Å². The number of pyridine rings is 1. The van der Waals surface area contributed by atoms with Gasteiger partial charge in [-0.1, -0.05) is 29.8 Å². The van der Waals surface area contributed by atoms with Gasteiger partial charge in [0.25, 0.3) is 5.91 Å². The van der Waals surface area contributed by atoms with E-state index in [1.165, 1.54) is 12.1 Å². The average Bonchev–Trinajstić information content (AvgIpc) is 2.69. The molecule has 0 radical (unpaired) electrons. The highest BCUT2D eigenvalue weighted by Gasteiger charge is 2.12. The summed E-state index contributed by atoms with van der Waals surface area (Å²) in [6.45, 7) is 0.363. The van der Waals surface area contributed by atoms with Gasteiger partial charge in [-0.3, -0.25) is 14.6 Å². The lowest BCUT2D eigenvalue weighted by atomic mass is 10.1. The van der Waals surface area contributed by atoms with Crippen LogP contribution in [0.4, 0.5) is 10.1 Å². The van der Waals surface area contributed by atoms with E-state index in [2.05, 4.69) is 15.8 Å². The maximum Gasteiger partial charge on any atom is 0.276 e. The van der Waals surface area contributed by atoms with Crippen molar-refractivity contribution >= 4 is 23.2 Å². The first-order valence-corrected chi connectivity index (χ1v) is 8.60. The third-order valence-corrected chi connectivity index (χ3v) is 4.20. The third kappa shape index (κ3) is 5.03. The van der Waals surface area contributed by atoms with Crippen molar-refractivity contribution in [1.29, 1.82) is 0 Å². The molecular weight excluding hydrogens is 369 g/mol. The van der Waals surface area contributed by atoms with Crippen LogP contribution in [-0.4, -0.2) is 10.9 Å². The Kier molecular flexibility index (Phi) is 6.35. The molecule has 2 N–H and O–H groups in total. The van der Waals surface area contributed by atoms with E-state index >= 15 is 0 Å². The molecule has 5 nitrogen and oxygen atoms in total. The molecular formula is C20H17ClFN3O2. The first-order valence-electron chi connectivity index (χ1n) is 8.22. The lowest BCUT2D eigenvalue weighted by Gasteiger charge is -2.13. The van der Waals surface area contributed by atoms with Crippen molar-refractivity contribution in [1.82, 2.24) is 10.5 Å². The first-order chi connectivity index (χ1) is 13.1. The molecule has 1 amide bonds. The van der Waals surface area contributed by atoms with Crippen LogP contribution >= 0.6 is 11.6 Å². The van der Waals surface area contributed by atoms with Crippen LogP contribution in [0.1, 0.15) is 21.5 Å². The van der Waals surface area contributed by atoms with Crippen LogP contribution in [0.5, 0.6) is 0 Å². The Morgan fingerprint density at radius 2 is 1.85 bits per heavy atom. The quantitative estimate of drug-likeness (QED) is 0.593. The maximum atomic E-state index is 13.7. The smallest absolute Gasteiger partial charge is 0.276 e. The minimum Gasteiger partial charge on any atom is -0.380 e. The van der Waals surface area contributed by atoms with Gasteiger partial charge in [0, 0.05) is 35.2 Å². The van der Waals surface area contributed by atoms with Crippen molar-refractivity contribution < 1.29 is 14.0 Å². The summed E-state index contributed by atoms with van der Waals surface area (Å²) in [6.07, 6.45) is 3.41. The standard InChI is InChI=1S/C20H17ClFN3O2/c21-17-5-3-6-18(22)16(17)13-27-25-20(26)15-4-1-2-7-19(15)24-12-14-8-10-23-11-9-14/h1-11,24H,12-13H2,(H,25,26). The van der Waals surface area contributed by atoms with Crippen LogP contribution < -0.4 is 10.8 Å². The summed E-state index contributed by atoms with van der Waals surface area (Å²) in [4.78, 5) is 21.6. The summed E-state index contributed by atoms with van der Waals surface area (Å²) in [5.74, 6) is -0.934. The Hall–Kier alpha value is -2.96. The third-order valence-electron chi connectivity index (χ3n) is 3.85. The predicted octanol–water partition coefficient (Wildman–Crippen LogP) is 4.35. The number of rotatable bonds is 7. The van der Waals surface area contributed by atoms with Gasteiger partial charge in [0.1, 0.15) is 12.4 Å². The summed E-state index contributed by atoms with van der Waals surface area (Å²) >= 11 is 5.94. The van der Waals surface area contributed by atoms with E-state index in [4.69, 9.17) is 16.4 Å². The predicted molar refractivity (Wildman–Crippen MR) is 102 cm³/mol. The van der Waals surface area contributed by atoms with Gasteiger partial charge in [-0.05, 0) is 42.0 Å². The number of hydrogen-bond acceptors (Lipinski definition) is 4. The number of carbonyl (C=O) groups excluding carboxylic acids is 1. The van der Waals surface area contributed by atoms with E-state index in [-0.39, 0.29) is 17.2 Å². The van der Waals surface area contributed by atoms with Crippen molar-refractivity contribution in [3.05, 3.63) is 94.5 Å². The molecule has 2 aromatic carbocycles. The number of aromatic nitrogens is 1. The molecule has 138 valence electrons. The zero-order valence-corrected chi connectivity index (χ0v) is 15.0. The molecule has 0 atom stereocenters. The van der Waals surface area contributed by atoms with E-state index in [9.17, 15) is 9.18 Å². The molecule has 0 unspecified atom stereocenters. The van der Waals surface area contributed by atoms with Crippen LogP contribution in [0, 0.1) is 5.82 Å². The molecule has 0 saturated heterocycles. The zero-order chi connectivity index (χ0) is 19.1. The summed E-state index contributed by atoms with van der Waals surface area (Å²) < 4.78 is 13.7. The van der Waals surface area contributed by atoms with Crippen molar-refractivity contribution in [2.24, 2.45) is 0 Å². The lowest BCUT2D eigenvalue weighted by Crippen LogP contribution is -2.25. The number of amides is 1. The fraction of sp³-hybridized carbons (Fsp3) is 0.100. The van der Waals surface area contributed by atoms with E-state index in [1.54, 1.807) is 36.7 Å². The van der Waals surface area contributed by atoms with E-state index in [0.717, 1.165) is 5.56 Å². The average molecular weight is 386 g/mol. The molecule has 3 aromatic rings. The topological polar surface area (TPSA) is 63.2 Å². The van der Waals surface area contributed by atoms with Crippen molar-refractivity contribution in [2.75, 3.05) is 5.32 Å². The van der Waals surface area contributed by atoms with Crippen molar-refractivity contribution in [3.63, 3.8) is 0 Å². The molecule has 7 heteroatoms. The number of nitrogens with one attached hydrogen (secondary N) is 2. The van der Waals surface area contributed by atoms with Gasteiger partial charge in [-0.15, -0.1) is 0 Å². The Bertz CT molecular complexity index is 902. The molecule has 3 rings (SSSR count). The molecule has 0 aliphatic carbocycles. The Morgan fingerprint density at radius 3 is 2.63 bits per heavy atom. The van der Waals surface area contributed by atoms with Gasteiger partial charge in [0.15, 0.2) is 0 Å². The van der Waals surface area contributed by atoms with Gasteiger partial charge in [-0.25, -0.2) is 9.87 Å². The number of hydroxylamine groups is 1. The number of nitrogens with zero attached hydrogens (tertiary/aromatic N) is 1. The Morgan fingerprint density at radius 1 is 1.07 bits per heavy atom. The fourth-order valence-corrected chi connectivity index (χ4v) is 2.65. The number of hydrogen-bond donors (Lipinski definition) is 2. The molecule has 0 fully saturated rings. The monoisotopic (exact) mass is 385 g/mol. The second-order valence-electron chi connectivity index (χ2n) is 5.67. The van der Waals surface area contributed by atoms with Crippen LogP contribution in [0.25, 0.3) is 0 Å². The number of para-hydroxylation sites is 1. The van der Waals surface area contributed by atoms with Gasteiger partial charge in [0.05, 0.1) is 5.56 Å². The van der Waals surface area contributed by atoms with E-state index < -0.39 is 11.7 Å². The summed E-state index contributed by atoms with van der Waals surface area (Å²) in [5.41, 5.74) is 4.60. The molecule has 1 heterocycles. The number of anilines is 1. The lowest BCUT2D eigenvalue weighted by molar-refractivity contribution is 0.0224. The number of carbonyl (C=O) groups is 1. The maximum absolute atomic E-state index is 13.7. The van der Waals surface area contributed by atoms with Crippen molar-refractivity contribution in [3.8, 4) is 0 Å². The largest absolute Gasteiger partial charge is 0.380 e. The van der Waals surface area contributed by atoms with Gasteiger partial charge in [0.2, 0.25) is 0 Å². The molecule has 27 heavy (non-hydrogen) atoms. The normalized spacial score (nSPS) is 10.4. The number of benzene rings is 2. The molecule has 0 spiro atoms. The second-order valence-corrected chi connectivity index (χ2v) is 6.08. The highest BCUT2D eigenvalue weighted by molar-refractivity contribution is 6.31. The van der Waals surface area contributed by atoms with Gasteiger partial charge >= 0.3 is 0 Å². The number of halogens is 2. The molecule has 0 bridgehead atoms. The second kappa shape index (κ2) is 9.12. The molecule has 0 saturated carbocycles. The van der Waals surface area contributed by atoms with Crippen LogP contribution in [0.2, 0.25) is 5.02 Å². The van der Waals surface area contributed by atoms with E-state index in [0.29, 0.717) is 17.8 Å². The fourth-order valence-electron chi connectivity index (χ4n) is 2.43. The minimum atomic E-state index is -0.490. The molecule has 1 aromatic heterocycles. The van der Waals surface area contributed by atoms with Gasteiger partial charge in [-0.2, -0.15) is 0 Å². The zero-order valence-electron chi connectivity index (χ0n) is 14.3. The SMILES string of the molecule is O=C(NOCc1c(F)cccc1Cl)c1ccccc1NCc1ccncc1. The summed E-state index contributed by atoms with van der Waals surface area (Å²) in [6, 6.07) is 15.2. The molecule has 0 aliphatic heterocycles. The molecule has 0 aliphatic rings. The van der Waals surface area contributed by atoms with Gasteiger partial charge < -0.3 is 5.32 Å². The summed E-state index contributed by atoms with van der Waals surface area (Å²) in [5, 5.41) is 3.45. The van der Waals surface area contributed by atoms with Crippen molar-refractivity contribution in [2.45, 2.75) is 13.2 Å². The first kappa shape index (κ1) is 18.8. The minimum absolute atomic E-state index is 0.177.